The van der Waals surface area contributed by atoms with E-state index in [9.17, 15) is 4.79 Å². The Morgan fingerprint density at radius 2 is 1.83 bits per heavy atom. The van der Waals surface area contributed by atoms with E-state index in [4.69, 9.17) is 14.1 Å². The summed E-state index contributed by atoms with van der Waals surface area (Å²) < 4.78 is 11.1. The van der Waals surface area contributed by atoms with Crippen molar-refractivity contribution in [3.05, 3.63) is 53.5 Å². The number of ether oxygens (including phenoxy) is 1. The Kier molecular flexibility index (Phi) is 7.16. The van der Waals surface area contributed by atoms with Crippen molar-refractivity contribution >= 4 is 11.9 Å². The lowest BCUT2D eigenvalue weighted by Crippen LogP contribution is -2.53. The van der Waals surface area contributed by atoms with Gasteiger partial charge in [0.2, 0.25) is 0 Å². The molecule has 156 valence electrons. The number of nitrogens with zero attached hydrogens (tertiary/aromatic N) is 3. The van der Waals surface area contributed by atoms with Gasteiger partial charge in [0, 0.05) is 32.7 Å². The average Bonchev–Trinajstić information content (AvgIpc) is 3.24. The molecule has 7 nitrogen and oxygen atoms in total. The third-order valence-electron chi connectivity index (χ3n) is 4.75. The zero-order valence-electron chi connectivity index (χ0n) is 17.5. The van der Waals surface area contributed by atoms with E-state index in [-0.39, 0.29) is 5.91 Å². The number of carbonyl (C=O) groups is 1. The van der Waals surface area contributed by atoms with Crippen molar-refractivity contribution in [1.82, 2.24) is 15.1 Å². The fourth-order valence-electron chi connectivity index (χ4n) is 3.43. The molecule has 0 spiro atoms. The second-order valence-corrected chi connectivity index (χ2v) is 7.16. The first-order chi connectivity index (χ1) is 14.1. The van der Waals surface area contributed by atoms with Gasteiger partial charge in [-0.2, -0.15) is 0 Å². The summed E-state index contributed by atoms with van der Waals surface area (Å²) in [7, 11) is 0. The lowest BCUT2D eigenvalue weighted by molar-refractivity contribution is 0.0657. The van der Waals surface area contributed by atoms with Crippen molar-refractivity contribution in [2.75, 3.05) is 45.9 Å². The predicted molar refractivity (Wildman–Crippen MR) is 114 cm³/mol. The molecule has 1 fully saturated rings. The highest BCUT2D eigenvalue weighted by Crippen LogP contribution is 2.16. The number of aliphatic imine (C=N–C) groups is 1. The van der Waals surface area contributed by atoms with E-state index in [1.165, 1.54) is 17.4 Å². The van der Waals surface area contributed by atoms with Gasteiger partial charge in [0.25, 0.3) is 5.91 Å². The maximum absolute atomic E-state index is 12.4. The number of aryl methyl sites for hydroxylation is 2. The summed E-state index contributed by atoms with van der Waals surface area (Å²) in [5.74, 6) is 2.08. The molecule has 0 radical (unpaired) electrons. The highest BCUT2D eigenvalue weighted by atomic mass is 16.5. The fraction of sp³-hybridized carbons (Fsp3) is 0.455. The number of guanidine groups is 1. The molecule has 1 aliphatic heterocycles. The van der Waals surface area contributed by atoms with Crippen molar-refractivity contribution in [3.8, 4) is 5.75 Å². The van der Waals surface area contributed by atoms with Crippen molar-refractivity contribution in [2.24, 2.45) is 4.99 Å². The molecule has 1 aliphatic rings. The summed E-state index contributed by atoms with van der Waals surface area (Å²) in [6.07, 6.45) is 1.53. The third-order valence-corrected chi connectivity index (χ3v) is 4.75. The Morgan fingerprint density at radius 1 is 1.14 bits per heavy atom. The first kappa shape index (κ1) is 20.8. The number of hydrogen-bond acceptors (Lipinski definition) is 4. The molecule has 1 aromatic heterocycles. The van der Waals surface area contributed by atoms with Crippen LogP contribution in [0, 0.1) is 13.8 Å². The van der Waals surface area contributed by atoms with Gasteiger partial charge in [0.05, 0.1) is 12.8 Å². The Hall–Kier alpha value is -2.96. The second kappa shape index (κ2) is 10.0. The summed E-state index contributed by atoms with van der Waals surface area (Å²) in [6, 6.07) is 9.65. The SMILES string of the molecule is CCNC(=NCCOc1cc(C)cc(C)c1)N1CCN(C(=O)c2ccco2)CC1. The number of rotatable bonds is 6. The van der Waals surface area contributed by atoms with Gasteiger partial charge in [-0.3, -0.25) is 4.79 Å². The smallest absolute Gasteiger partial charge is 0.289 e. The molecule has 0 saturated carbocycles. The number of furan rings is 1. The van der Waals surface area contributed by atoms with Gasteiger partial charge in [0.1, 0.15) is 12.4 Å². The van der Waals surface area contributed by atoms with Gasteiger partial charge in [-0.15, -0.1) is 0 Å². The van der Waals surface area contributed by atoms with E-state index in [1.807, 2.05) is 17.0 Å². The standard InChI is InChI=1S/C22H30N4O3/c1-4-23-22(24-7-13-28-19-15-17(2)14-18(3)16-19)26-10-8-25(9-11-26)21(27)20-6-5-12-29-20/h5-6,12,14-16H,4,7-11,13H2,1-3H3,(H,23,24). The van der Waals surface area contributed by atoms with Crippen molar-refractivity contribution in [2.45, 2.75) is 20.8 Å². The van der Waals surface area contributed by atoms with Crippen LogP contribution in [0.2, 0.25) is 0 Å². The number of piperazine rings is 1. The van der Waals surface area contributed by atoms with E-state index in [0.717, 1.165) is 31.3 Å². The first-order valence-electron chi connectivity index (χ1n) is 10.1. The molecule has 1 amide bonds. The van der Waals surface area contributed by atoms with Crippen molar-refractivity contribution in [1.29, 1.82) is 0 Å². The predicted octanol–water partition coefficient (Wildman–Crippen LogP) is 2.70. The summed E-state index contributed by atoms with van der Waals surface area (Å²) >= 11 is 0. The van der Waals surface area contributed by atoms with Crippen LogP contribution in [0.25, 0.3) is 0 Å². The quantitative estimate of drug-likeness (QED) is 0.460. The van der Waals surface area contributed by atoms with Gasteiger partial charge >= 0.3 is 0 Å². The van der Waals surface area contributed by atoms with E-state index in [1.54, 1.807) is 12.1 Å². The fourth-order valence-corrected chi connectivity index (χ4v) is 3.43. The molecule has 1 N–H and O–H groups in total. The molecule has 1 aromatic carbocycles. The topological polar surface area (TPSA) is 70.3 Å². The lowest BCUT2D eigenvalue weighted by Gasteiger charge is -2.36. The summed E-state index contributed by atoms with van der Waals surface area (Å²) in [6.45, 7) is 10.8. The van der Waals surface area contributed by atoms with Crippen LogP contribution in [-0.2, 0) is 0 Å². The Morgan fingerprint density at radius 3 is 2.45 bits per heavy atom. The van der Waals surface area contributed by atoms with Crippen LogP contribution in [0.15, 0.2) is 46.0 Å². The van der Waals surface area contributed by atoms with Gasteiger partial charge in [-0.05, 0) is 56.2 Å². The molecule has 0 bridgehead atoms. The van der Waals surface area contributed by atoms with Gasteiger partial charge in [-0.25, -0.2) is 4.99 Å². The molecular formula is C22H30N4O3. The molecule has 2 aromatic rings. The first-order valence-corrected chi connectivity index (χ1v) is 10.1. The largest absolute Gasteiger partial charge is 0.492 e. The number of carbonyl (C=O) groups excluding carboxylic acids is 1. The van der Waals surface area contributed by atoms with Gasteiger partial charge < -0.3 is 24.3 Å². The highest BCUT2D eigenvalue weighted by Gasteiger charge is 2.25. The van der Waals surface area contributed by atoms with E-state index < -0.39 is 0 Å². The minimum atomic E-state index is -0.0570. The minimum Gasteiger partial charge on any atom is -0.492 e. The van der Waals surface area contributed by atoms with Crippen LogP contribution in [0.1, 0.15) is 28.6 Å². The molecule has 29 heavy (non-hydrogen) atoms. The summed E-state index contributed by atoms with van der Waals surface area (Å²) in [5, 5.41) is 3.34. The van der Waals surface area contributed by atoms with Crippen molar-refractivity contribution < 1.29 is 13.9 Å². The van der Waals surface area contributed by atoms with Crippen LogP contribution < -0.4 is 10.1 Å². The molecular weight excluding hydrogens is 368 g/mol. The summed E-state index contributed by atoms with van der Waals surface area (Å²) in [4.78, 5) is 21.1. The molecule has 0 unspecified atom stereocenters. The van der Waals surface area contributed by atoms with E-state index in [0.29, 0.717) is 32.0 Å². The Balaban J connectivity index is 1.51. The monoisotopic (exact) mass is 398 g/mol. The normalized spacial score (nSPS) is 14.8. The highest BCUT2D eigenvalue weighted by molar-refractivity contribution is 5.91. The van der Waals surface area contributed by atoms with Crippen molar-refractivity contribution in [3.63, 3.8) is 0 Å². The Bertz CT molecular complexity index is 804. The molecule has 0 atom stereocenters. The maximum Gasteiger partial charge on any atom is 0.289 e. The Labute approximate surface area is 172 Å². The number of nitrogens with one attached hydrogen (secondary N) is 1. The second-order valence-electron chi connectivity index (χ2n) is 7.16. The number of benzene rings is 1. The van der Waals surface area contributed by atoms with Crippen LogP contribution >= 0.6 is 0 Å². The van der Waals surface area contributed by atoms with Crippen LogP contribution in [0.5, 0.6) is 5.75 Å². The van der Waals surface area contributed by atoms with E-state index >= 15 is 0 Å². The molecule has 1 saturated heterocycles. The molecule has 2 heterocycles. The third kappa shape index (κ3) is 5.76. The zero-order chi connectivity index (χ0) is 20.6. The van der Waals surface area contributed by atoms with Gasteiger partial charge in [0.15, 0.2) is 11.7 Å². The number of hydrogen-bond donors (Lipinski definition) is 1. The average molecular weight is 399 g/mol. The molecule has 3 rings (SSSR count). The minimum absolute atomic E-state index is 0.0570. The van der Waals surface area contributed by atoms with Crippen LogP contribution in [0.3, 0.4) is 0 Å². The lowest BCUT2D eigenvalue weighted by atomic mass is 10.1. The number of amides is 1. The molecule has 7 heteroatoms. The van der Waals surface area contributed by atoms with Gasteiger partial charge in [-0.1, -0.05) is 6.07 Å². The maximum atomic E-state index is 12.4. The van der Waals surface area contributed by atoms with Crippen LogP contribution in [0.4, 0.5) is 0 Å². The molecule has 0 aliphatic carbocycles. The van der Waals surface area contributed by atoms with Crippen LogP contribution in [-0.4, -0.2) is 67.5 Å². The zero-order valence-corrected chi connectivity index (χ0v) is 17.5. The summed E-state index contributed by atoms with van der Waals surface area (Å²) in [5.41, 5.74) is 2.39. The van der Waals surface area contributed by atoms with E-state index in [2.05, 4.69) is 37.1 Å².